The molecule has 0 radical (unpaired) electrons. The molecule has 20 heavy (non-hydrogen) atoms. The maximum atomic E-state index is 5.85. The second-order valence-electron chi connectivity index (χ2n) is 4.04. The quantitative estimate of drug-likeness (QED) is 0.817. The third-order valence-corrected chi connectivity index (χ3v) is 3.87. The Labute approximate surface area is 131 Å². The summed E-state index contributed by atoms with van der Waals surface area (Å²) in [5.74, 6) is 1.43. The Morgan fingerprint density at radius 3 is 2.60 bits per heavy atom. The van der Waals surface area contributed by atoms with Crippen LogP contribution in [0.15, 0.2) is 34.9 Å². The number of aromatic nitrogens is 1. The Morgan fingerprint density at radius 2 is 1.95 bits per heavy atom. The molecule has 4 nitrogen and oxygen atoms in total. The first-order valence-corrected chi connectivity index (χ1v) is 7.07. The van der Waals surface area contributed by atoms with E-state index >= 15 is 0 Å². The third-order valence-electron chi connectivity index (χ3n) is 2.74. The number of hydrogen-bond donors (Lipinski definition) is 1. The smallest absolute Gasteiger partial charge is 0.161 e. The van der Waals surface area contributed by atoms with Gasteiger partial charge in [0.05, 0.1) is 30.6 Å². The zero-order valence-electron chi connectivity index (χ0n) is 11.1. The molecule has 0 aliphatic rings. The maximum absolute atomic E-state index is 5.85. The molecule has 0 saturated heterocycles. The number of nitrogens with one attached hydrogen (secondary N) is 1. The molecule has 6 heteroatoms. The topological polar surface area (TPSA) is 43.4 Å². The van der Waals surface area contributed by atoms with E-state index in [4.69, 9.17) is 21.1 Å². The van der Waals surface area contributed by atoms with E-state index in [2.05, 4.69) is 26.2 Å². The zero-order valence-corrected chi connectivity index (χ0v) is 13.5. The van der Waals surface area contributed by atoms with E-state index in [0.717, 1.165) is 15.7 Å². The molecule has 2 aromatic rings. The van der Waals surface area contributed by atoms with Gasteiger partial charge in [0.15, 0.2) is 11.5 Å². The van der Waals surface area contributed by atoms with Crippen molar-refractivity contribution in [2.24, 2.45) is 0 Å². The van der Waals surface area contributed by atoms with Crippen LogP contribution in [0, 0.1) is 0 Å². The number of ether oxygens (including phenoxy) is 2. The fourth-order valence-corrected chi connectivity index (χ4v) is 2.16. The SMILES string of the molecule is COc1ccc(CNc2cnc(Cl)c(Br)c2)cc1OC. The first-order chi connectivity index (χ1) is 9.63. The second-order valence-corrected chi connectivity index (χ2v) is 5.25. The molecule has 0 spiro atoms. The summed E-state index contributed by atoms with van der Waals surface area (Å²) in [6.07, 6.45) is 1.69. The summed E-state index contributed by atoms with van der Waals surface area (Å²) >= 11 is 9.20. The Morgan fingerprint density at radius 1 is 1.20 bits per heavy atom. The van der Waals surface area contributed by atoms with Crippen LogP contribution in [0.2, 0.25) is 5.15 Å². The van der Waals surface area contributed by atoms with Crippen molar-refractivity contribution in [2.75, 3.05) is 19.5 Å². The highest BCUT2D eigenvalue weighted by atomic mass is 79.9. The number of halogens is 2. The molecular formula is C14H14BrClN2O2. The average Bonchev–Trinajstić information content (AvgIpc) is 2.48. The molecule has 0 amide bonds. The molecule has 0 atom stereocenters. The molecule has 2 rings (SSSR count). The molecule has 0 aliphatic heterocycles. The van der Waals surface area contributed by atoms with Gasteiger partial charge in [-0.05, 0) is 39.7 Å². The van der Waals surface area contributed by atoms with Gasteiger partial charge in [-0.25, -0.2) is 4.98 Å². The van der Waals surface area contributed by atoms with Crippen molar-refractivity contribution in [1.29, 1.82) is 0 Å². The van der Waals surface area contributed by atoms with Crippen LogP contribution in [0.3, 0.4) is 0 Å². The van der Waals surface area contributed by atoms with Crippen LogP contribution >= 0.6 is 27.5 Å². The Kier molecular flexibility index (Phi) is 5.09. The monoisotopic (exact) mass is 356 g/mol. The van der Waals surface area contributed by atoms with Gasteiger partial charge in [0, 0.05) is 6.54 Å². The third kappa shape index (κ3) is 3.55. The summed E-state index contributed by atoms with van der Waals surface area (Å²) in [6.45, 7) is 0.649. The van der Waals surface area contributed by atoms with Gasteiger partial charge in [0.2, 0.25) is 0 Å². The lowest BCUT2D eigenvalue weighted by atomic mass is 10.2. The van der Waals surface area contributed by atoms with Gasteiger partial charge in [-0.2, -0.15) is 0 Å². The summed E-state index contributed by atoms with van der Waals surface area (Å²) in [5.41, 5.74) is 1.96. The van der Waals surface area contributed by atoms with E-state index in [1.165, 1.54) is 0 Å². The van der Waals surface area contributed by atoms with E-state index in [0.29, 0.717) is 23.2 Å². The van der Waals surface area contributed by atoms with Crippen LogP contribution in [0.4, 0.5) is 5.69 Å². The Bertz CT molecular complexity index is 608. The molecule has 1 aromatic carbocycles. The van der Waals surface area contributed by atoms with Crippen LogP contribution in [0.1, 0.15) is 5.56 Å². The van der Waals surface area contributed by atoms with Crippen LogP contribution in [0.5, 0.6) is 11.5 Å². The van der Waals surface area contributed by atoms with E-state index in [1.54, 1.807) is 20.4 Å². The van der Waals surface area contributed by atoms with Crippen molar-refractivity contribution in [1.82, 2.24) is 4.98 Å². The Hall–Kier alpha value is -1.46. The lowest BCUT2D eigenvalue weighted by molar-refractivity contribution is 0.354. The summed E-state index contributed by atoms with van der Waals surface area (Å²) in [4.78, 5) is 4.06. The summed E-state index contributed by atoms with van der Waals surface area (Å²) in [5, 5.41) is 3.72. The van der Waals surface area contributed by atoms with Gasteiger partial charge in [-0.1, -0.05) is 17.7 Å². The minimum atomic E-state index is 0.446. The van der Waals surface area contributed by atoms with Crippen molar-refractivity contribution < 1.29 is 9.47 Å². The molecule has 0 aliphatic carbocycles. The summed E-state index contributed by atoms with van der Waals surface area (Å²) in [7, 11) is 3.24. The molecule has 1 aromatic heterocycles. The second kappa shape index (κ2) is 6.81. The maximum Gasteiger partial charge on any atom is 0.161 e. The summed E-state index contributed by atoms with van der Waals surface area (Å²) in [6, 6.07) is 7.68. The average molecular weight is 358 g/mol. The van der Waals surface area contributed by atoms with Gasteiger partial charge in [-0.15, -0.1) is 0 Å². The predicted octanol–water partition coefficient (Wildman–Crippen LogP) is 4.13. The van der Waals surface area contributed by atoms with Crippen LogP contribution in [0.25, 0.3) is 0 Å². The van der Waals surface area contributed by atoms with Crippen LogP contribution < -0.4 is 14.8 Å². The number of methoxy groups -OCH3 is 2. The molecule has 1 N–H and O–H groups in total. The van der Waals surface area contributed by atoms with E-state index in [-0.39, 0.29) is 0 Å². The van der Waals surface area contributed by atoms with Crippen molar-refractivity contribution in [2.45, 2.75) is 6.54 Å². The number of anilines is 1. The van der Waals surface area contributed by atoms with E-state index in [9.17, 15) is 0 Å². The number of benzene rings is 1. The highest BCUT2D eigenvalue weighted by molar-refractivity contribution is 9.10. The van der Waals surface area contributed by atoms with Gasteiger partial charge in [0.25, 0.3) is 0 Å². The molecule has 106 valence electrons. The summed E-state index contributed by atoms with van der Waals surface area (Å²) < 4.78 is 11.2. The van der Waals surface area contributed by atoms with Crippen molar-refractivity contribution in [3.05, 3.63) is 45.7 Å². The van der Waals surface area contributed by atoms with E-state index < -0.39 is 0 Å². The minimum absolute atomic E-state index is 0.446. The predicted molar refractivity (Wildman–Crippen MR) is 83.8 cm³/mol. The standard InChI is InChI=1S/C14H14BrClN2O2/c1-19-12-4-3-9(5-13(12)20-2)7-17-10-6-11(15)14(16)18-8-10/h3-6,8,17H,7H2,1-2H3. The van der Waals surface area contributed by atoms with Gasteiger partial charge < -0.3 is 14.8 Å². The van der Waals surface area contributed by atoms with Gasteiger partial charge in [-0.3, -0.25) is 0 Å². The first kappa shape index (κ1) is 14.9. The highest BCUT2D eigenvalue weighted by Gasteiger charge is 2.05. The lowest BCUT2D eigenvalue weighted by Crippen LogP contribution is -2.01. The van der Waals surface area contributed by atoms with Crippen LogP contribution in [-0.2, 0) is 6.54 Å². The van der Waals surface area contributed by atoms with Crippen molar-refractivity contribution in [3.8, 4) is 11.5 Å². The number of hydrogen-bond acceptors (Lipinski definition) is 4. The molecule has 0 saturated carbocycles. The fourth-order valence-electron chi connectivity index (χ4n) is 1.71. The number of pyridine rings is 1. The molecule has 1 heterocycles. The molecular weight excluding hydrogens is 344 g/mol. The molecule has 0 fully saturated rings. The lowest BCUT2D eigenvalue weighted by Gasteiger charge is -2.11. The van der Waals surface area contributed by atoms with E-state index in [1.807, 2.05) is 24.3 Å². The zero-order chi connectivity index (χ0) is 14.5. The van der Waals surface area contributed by atoms with Gasteiger partial charge >= 0.3 is 0 Å². The molecule has 0 unspecified atom stereocenters. The first-order valence-electron chi connectivity index (χ1n) is 5.90. The minimum Gasteiger partial charge on any atom is -0.493 e. The number of nitrogens with zero attached hydrogens (tertiary/aromatic N) is 1. The normalized spacial score (nSPS) is 10.2. The van der Waals surface area contributed by atoms with Crippen LogP contribution in [-0.4, -0.2) is 19.2 Å². The van der Waals surface area contributed by atoms with Gasteiger partial charge in [0.1, 0.15) is 5.15 Å². The molecule has 0 bridgehead atoms. The highest BCUT2D eigenvalue weighted by Crippen LogP contribution is 2.28. The number of rotatable bonds is 5. The Balaban J connectivity index is 2.08. The van der Waals surface area contributed by atoms with Crippen molar-refractivity contribution >= 4 is 33.2 Å². The fraction of sp³-hybridized carbons (Fsp3) is 0.214. The largest absolute Gasteiger partial charge is 0.493 e. The van der Waals surface area contributed by atoms with Crippen molar-refractivity contribution in [3.63, 3.8) is 0 Å².